The van der Waals surface area contributed by atoms with E-state index in [2.05, 4.69) is 159 Å². The van der Waals surface area contributed by atoms with E-state index in [4.69, 9.17) is 0 Å². The molecule has 0 N–H and O–H groups in total. The maximum atomic E-state index is 4.52. The van der Waals surface area contributed by atoms with Crippen LogP contribution in [0.3, 0.4) is 0 Å². The van der Waals surface area contributed by atoms with Crippen LogP contribution in [0.5, 0.6) is 0 Å². The molecule has 6 aromatic carbocycles. The smallest absolute Gasteiger partial charge is 0.0425 e. The Morgan fingerprint density at radius 1 is 0.477 bits per heavy atom. The van der Waals surface area contributed by atoms with Gasteiger partial charge in [0.2, 0.25) is 0 Å². The van der Waals surface area contributed by atoms with Crippen molar-refractivity contribution in [3.63, 3.8) is 0 Å². The molecule has 0 saturated heterocycles. The van der Waals surface area contributed by atoms with Crippen LogP contribution in [-0.2, 0) is 22.4 Å². The molecule has 0 atom stereocenters. The van der Waals surface area contributed by atoms with Gasteiger partial charge in [-0.05, 0) is 79.1 Å². The standard InChI is InChI=1S/C28H27N2.C12H8N.Au/c1-18-15-21(4)27(22(5)16-18)29-17-30(26-19(2)9-8-10-20(26)3)28-24-12-7-6-11-23(24)13-14-25(28)29;1-3-7-11-9(5-1)10-6-2-4-8-12(10)13-11;/h6-17H,1-5H3;1-8H;/q2*-1;. The van der Waals surface area contributed by atoms with Crippen LogP contribution in [0.1, 0.15) is 27.8 Å². The normalized spacial score (nSPS) is 12.3. The Morgan fingerprint density at radius 2 is 1.00 bits per heavy atom. The summed E-state index contributed by atoms with van der Waals surface area (Å²) in [6, 6.07) is 40.8. The maximum Gasteiger partial charge on any atom is 0.0425 e. The topological polar surface area (TPSA) is 20.6 Å². The third kappa shape index (κ3) is 5.11. The number of aryl methyl sites for hydroxylation is 5. The van der Waals surface area contributed by atoms with Crippen LogP contribution in [-0.4, -0.2) is 0 Å². The number of fused-ring (bicyclic) bond motifs is 6. The molecular formula is C40H35AuN3-2. The molecule has 1 aliphatic rings. The van der Waals surface area contributed by atoms with Gasteiger partial charge in [0.05, 0.1) is 0 Å². The van der Waals surface area contributed by atoms with E-state index in [1.54, 1.807) is 0 Å². The molecule has 7 aromatic rings. The number of rotatable bonds is 2. The summed E-state index contributed by atoms with van der Waals surface area (Å²) < 4.78 is 0. The summed E-state index contributed by atoms with van der Waals surface area (Å²) in [4.78, 5) is 9.28. The van der Waals surface area contributed by atoms with E-state index in [1.807, 2.05) is 12.1 Å². The number of nitrogens with zero attached hydrogens (tertiary/aromatic N) is 3. The predicted molar refractivity (Wildman–Crippen MR) is 184 cm³/mol. The molecule has 0 aliphatic carbocycles. The van der Waals surface area contributed by atoms with Gasteiger partial charge < -0.3 is 14.8 Å². The third-order valence-corrected chi connectivity index (χ3v) is 8.51. The van der Waals surface area contributed by atoms with Crippen LogP contribution in [0.4, 0.5) is 22.7 Å². The first-order valence-corrected chi connectivity index (χ1v) is 14.9. The van der Waals surface area contributed by atoms with Gasteiger partial charge >= 0.3 is 0 Å². The fraction of sp³-hybridized carbons (Fsp3) is 0.125. The first-order chi connectivity index (χ1) is 20.9. The van der Waals surface area contributed by atoms with Crippen molar-refractivity contribution in [2.24, 2.45) is 0 Å². The molecule has 4 heteroatoms. The van der Waals surface area contributed by atoms with E-state index < -0.39 is 0 Å². The number of hydrogen-bond donors (Lipinski definition) is 0. The van der Waals surface area contributed by atoms with E-state index in [0.29, 0.717) is 0 Å². The molecule has 1 radical (unpaired) electrons. The van der Waals surface area contributed by atoms with Gasteiger partial charge in [0.15, 0.2) is 0 Å². The minimum atomic E-state index is 0. The Kier molecular flexibility index (Phi) is 8.13. The predicted octanol–water partition coefficient (Wildman–Crippen LogP) is 10.7. The molecule has 8 rings (SSSR count). The van der Waals surface area contributed by atoms with Gasteiger partial charge in [0.1, 0.15) is 0 Å². The number of hydrogen-bond acceptors (Lipinski definition) is 2. The van der Waals surface area contributed by atoms with Crippen molar-refractivity contribution in [2.45, 2.75) is 34.6 Å². The zero-order chi connectivity index (χ0) is 29.7. The van der Waals surface area contributed by atoms with Crippen molar-refractivity contribution in [3.05, 3.63) is 150 Å². The Bertz CT molecular complexity index is 2050. The van der Waals surface area contributed by atoms with Crippen molar-refractivity contribution in [2.75, 3.05) is 9.80 Å². The van der Waals surface area contributed by atoms with Crippen LogP contribution in [0.25, 0.3) is 32.6 Å². The van der Waals surface area contributed by atoms with Crippen LogP contribution in [0, 0.1) is 41.3 Å². The molecule has 0 amide bonds. The van der Waals surface area contributed by atoms with E-state index in [-0.39, 0.29) is 22.4 Å². The fourth-order valence-electron chi connectivity index (χ4n) is 6.74. The summed E-state index contributed by atoms with van der Waals surface area (Å²) in [5, 5.41) is 5.04. The minimum Gasteiger partial charge on any atom is -0.657 e. The van der Waals surface area contributed by atoms with Crippen molar-refractivity contribution in [1.82, 2.24) is 4.98 Å². The molecule has 0 spiro atoms. The van der Waals surface area contributed by atoms with Crippen molar-refractivity contribution in [1.29, 1.82) is 0 Å². The number of benzene rings is 6. The molecule has 2 heterocycles. The average molecular weight is 755 g/mol. The third-order valence-electron chi connectivity index (χ3n) is 8.51. The van der Waals surface area contributed by atoms with Gasteiger partial charge in [-0.15, -0.1) is 17.7 Å². The van der Waals surface area contributed by atoms with Gasteiger partial charge in [0, 0.05) is 50.5 Å². The first kappa shape index (κ1) is 29.8. The molecule has 3 nitrogen and oxygen atoms in total. The summed E-state index contributed by atoms with van der Waals surface area (Å²) >= 11 is 0. The second-order valence-corrected chi connectivity index (χ2v) is 11.6. The molecule has 0 unspecified atom stereocenters. The summed E-state index contributed by atoms with van der Waals surface area (Å²) in [5.41, 5.74) is 13.7. The SMILES string of the molecule is Cc1cc(C)c(N2[CH-]N(c3c(C)cccc3C)c3c2ccc2ccccc32)c(C)c1.[Au].c1ccc2c(c1)[n-]c1ccccc12. The molecule has 1 aromatic heterocycles. The van der Waals surface area contributed by atoms with Gasteiger partial charge in [-0.1, -0.05) is 115 Å². The molecule has 1 aliphatic heterocycles. The molecule has 223 valence electrons. The van der Waals surface area contributed by atoms with E-state index in [0.717, 1.165) is 11.0 Å². The molecule has 0 bridgehead atoms. The average Bonchev–Trinajstić information content (AvgIpc) is 3.56. The van der Waals surface area contributed by atoms with Gasteiger partial charge in [-0.2, -0.15) is 0 Å². The van der Waals surface area contributed by atoms with Crippen molar-refractivity contribution in [3.8, 4) is 0 Å². The van der Waals surface area contributed by atoms with E-state index >= 15 is 0 Å². The first-order valence-electron chi connectivity index (χ1n) is 14.9. The summed E-state index contributed by atoms with van der Waals surface area (Å²) in [7, 11) is 0. The zero-order valence-electron chi connectivity index (χ0n) is 25.7. The molecule has 44 heavy (non-hydrogen) atoms. The van der Waals surface area contributed by atoms with Gasteiger partial charge in [0.25, 0.3) is 0 Å². The molecule has 0 fully saturated rings. The zero-order valence-corrected chi connectivity index (χ0v) is 27.9. The number of aromatic nitrogens is 1. The fourth-order valence-corrected chi connectivity index (χ4v) is 6.74. The largest absolute Gasteiger partial charge is 0.657 e. The second kappa shape index (κ2) is 12.0. The quantitative estimate of drug-likeness (QED) is 0.130. The maximum absolute atomic E-state index is 4.52. The van der Waals surface area contributed by atoms with Crippen LogP contribution in [0.2, 0.25) is 0 Å². The summed E-state index contributed by atoms with van der Waals surface area (Å²) in [6.07, 6.45) is 0. The molecular weight excluding hydrogens is 719 g/mol. The van der Waals surface area contributed by atoms with Crippen molar-refractivity contribution >= 4 is 55.3 Å². The van der Waals surface area contributed by atoms with Gasteiger partial charge in [-0.25, -0.2) is 0 Å². The Balaban J connectivity index is 0.000000204. The van der Waals surface area contributed by atoms with Crippen molar-refractivity contribution < 1.29 is 22.4 Å². The van der Waals surface area contributed by atoms with Crippen LogP contribution >= 0.6 is 0 Å². The van der Waals surface area contributed by atoms with Crippen LogP contribution < -0.4 is 14.8 Å². The van der Waals surface area contributed by atoms with Crippen LogP contribution in [0.15, 0.2) is 115 Å². The Hall–Kier alpha value is -4.28. The Labute approximate surface area is 275 Å². The summed E-state index contributed by atoms with van der Waals surface area (Å²) in [6.45, 7) is 13.3. The summed E-state index contributed by atoms with van der Waals surface area (Å²) in [5.74, 6) is 0. The minimum absolute atomic E-state index is 0. The Morgan fingerprint density at radius 3 is 1.61 bits per heavy atom. The van der Waals surface area contributed by atoms with Gasteiger partial charge in [-0.3, -0.25) is 0 Å². The number of anilines is 4. The molecule has 0 saturated carbocycles. The monoisotopic (exact) mass is 754 g/mol. The van der Waals surface area contributed by atoms with E-state index in [9.17, 15) is 0 Å². The number of para-hydroxylation sites is 3. The van der Waals surface area contributed by atoms with E-state index in [1.165, 1.54) is 72.1 Å². The second-order valence-electron chi connectivity index (χ2n) is 11.6.